The van der Waals surface area contributed by atoms with Crippen LogP contribution in [0.15, 0.2) is 38.9 Å². The second kappa shape index (κ2) is 7.61. The van der Waals surface area contributed by atoms with Crippen LogP contribution in [0.5, 0.6) is 0 Å². The summed E-state index contributed by atoms with van der Waals surface area (Å²) >= 11 is 7.46. The maximum absolute atomic E-state index is 12.7. The Balaban J connectivity index is 2.32. The number of methoxy groups -OCH3 is 1. The van der Waals surface area contributed by atoms with Crippen LogP contribution < -0.4 is 11.2 Å². The molecule has 0 saturated heterocycles. The number of ether oxygens (including phenoxy) is 1. The Morgan fingerprint density at radius 3 is 2.65 bits per heavy atom. The van der Waals surface area contributed by atoms with Crippen LogP contribution in [0, 0.1) is 0 Å². The molecule has 0 spiro atoms. The van der Waals surface area contributed by atoms with E-state index in [1.54, 1.807) is 32.4 Å². The number of thioether (sulfide) groups is 1. The fourth-order valence-electron chi connectivity index (χ4n) is 2.51. The van der Waals surface area contributed by atoms with E-state index in [0.29, 0.717) is 44.8 Å². The van der Waals surface area contributed by atoms with Crippen LogP contribution in [-0.2, 0) is 18.8 Å². The number of hydrogen-bond donors (Lipinski definition) is 0. The van der Waals surface area contributed by atoms with Gasteiger partial charge in [-0.3, -0.25) is 13.9 Å². The van der Waals surface area contributed by atoms with Crippen LogP contribution in [0.4, 0.5) is 0 Å². The molecule has 2 heterocycles. The summed E-state index contributed by atoms with van der Waals surface area (Å²) in [5.74, 6) is 1.02. The minimum Gasteiger partial charge on any atom is -0.384 e. The predicted octanol–water partition coefficient (Wildman–Crippen LogP) is 2.09. The zero-order chi connectivity index (χ0) is 18.8. The largest absolute Gasteiger partial charge is 0.384 e. The summed E-state index contributed by atoms with van der Waals surface area (Å²) in [6.07, 6.45) is 0. The summed E-state index contributed by atoms with van der Waals surface area (Å²) in [6, 6.07) is 7.12. The highest BCUT2D eigenvalue weighted by molar-refractivity contribution is 7.99. The van der Waals surface area contributed by atoms with Gasteiger partial charge in [0.1, 0.15) is 10.4 Å². The lowest BCUT2D eigenvalue weighted by atomic mass is 10.2. The molecule has 0 saturated carbocycles. The van der Waals surface area contributed by atoms with Crippen LogP contribution in [0.2, 0.25) is 5.02 Å². The van der Waals surface area contributed by atoms with E-state index >= 15 is 0 Å². The molecule has 0 aliphatic rings. The minimum absolute atomic E-state index is 0.294. The summed E-state index contributed by atoms with van der Waals surface area (Å²) in [7, 11) is 4.64. The zero-order valence-corrected chi connectivity index (χ0v) is 16.1. The summed E-state index contributed by atoms with van der Waals surface area (Å²) in [6.45, 7) is 0.509. The Morgan fingerprint density at radius 2 is 1.96 bits per heavy atom. The number of aromatic nitrogens is 4. The highest BCUT2D eigenvalue weighted by atomic mass is 35.5. The van der Waals surface area contributed by atoms with E-state index in [1.165, 1.54) is 23.4 Å². The molecule has 0 fully saturated rings. The lowest BCUT2D eigenvalue weighted by Crippen LogP contribution is -2.37. The monoisotopic (exact) mass is 392 g/mol. The molecule has 0 atom stereocenters. The van der Waals surface area contributed by atoms with E-state index in [2.05, 4.69) is 9.97 Å². The first-order valence-corrected chi connectivity index (χ1v) is 9.16. The van der Waals surface area contributed by atoms with Crippen LogP contribution in [0.25, 0.3) is 22.4 Å². The van der Waals surface area contributed by atoms with Gasteiger partial charge in [-0.25, -0.2) is 14.8 Å². The van der Waals surface area contributed by atoms with Crippen molar-refractivity contribution in [1.29, 1.82) is 0 Å². The molecule has 2 aromatic heterocycles. The minimum atomic E-state index is -0.439. The number of rotatable bonds is 5. The second-order valence-electron chi connectivity index (χ2n) is 5.61. The van der Waals surface area contributed by atoms with Gasteiger partial charge in [-0.1, -0.05) is 23.7 Å². The van der Waals surface area contributed by atoms with Crippen molar-refractivity contribution in [3.63, 3.8) is 0 Å². The zero-order valence-electron chi connectivity index (χ0n) is 14.5. The number of halogens is 1. The van der Waals surface area contributed by atoms with Crippen molar-refractivity contribution in [1.82, 2.24) is 19.1 Å². The van der Waals surface area contributed by atoms with Gasteiger partial charge in [-0.05, 0) is 12.1 Å². The predicted molar refractivity (Wildman–Crippen MR) is 103 cm³/mol. The molecule has 0 N–H and O–H groups in total. The summed E-state index contributed by atoms with van der Waals surface area (Å²) < 4.78 is 7.50. The van der Waals surface area contributed by atoms with Crippen molar-refractivity contribution in [2.45, 2.75) is 5.03 Å². The number of fused-ring (bicyclic) bond motifs is 1. The maximum atomic E-state index is 12.7. The van der Waals surface area contributed by atoms with E-state index in [-0.39, 0.29) is 0 Å². The van der Waals surface area contributed by atoms with Gasteiger partial charge in [0.2, 0.25) is 0 Å². The molecule has 0 radical (unpaired) electrons. The molecule has 136 valence electrons. The van der Waals surface area contributed by atoms with Gasteiger partial charge in [0.25, 0.3) is 5.56 Å². The summed E-state index contributed by atoms with van der Waals surface area (Å²) in [5, 5.41) is 1.39. The van der Waals surface area contributed by atoms with Gasteiger partial charge in [0.05, 0.1) is 6.61 Å². The number of benzene rings is 1. The van der Waals surface area contributed by atoms with Crippen LogP contribution in [0.1, 0.15) is 0 Å². The third-order valence-electron chi connectivity index (χ3n) is 3.88. The SMILES string of the molecule is COCCSc1nc(-c2cccc(Cl)c2)nc2c1c(=O)n(C)c(=O)n2C. The maximum Gasteiger partial charge on any atom is 0.332 e. The third-order valence-corrected chi connectivity index (χ3v) is 5.05. The van der Waals surface area contributed by atoms with Crippen molar-refractivity contribution >= 4 is 34.4 Å². The Kier molecular flexibility index (Phi) is 5.45. The summed E-state index contributed by atoms with van der Waals surface area (Å²) in [4.78, 5) is 34.0. The van der Waals surface area contributed by atoms with Crippen molar-refractivity contribution in [2.75, 3.05) is 19.5 Å². The quantitative estimate of drug-likeness (QED) is 0.376. The first kappa shape index (κ1) is 18.6. The first-order chi connectivity index (χ1) is 12.4. The van der Waals surface area contributed by atoms with E-state index in [4.69, 9.17) is 16.3 Å². The smallest absolute Gasteiger partial charge is 0.332 e. The molecule has 26 heavy (non-hydrogen) atoms. The topological polar surface area (TPSA) is 79.0 Å². The standard InChI is InChI=1S/C17H17ClN4O3S/c1-21-14-12(16(23)22(2)17(21)24)15(26-8-7-25-3)20-13(19-14)10-5-4-6-11(18)9-10/h4-6,9H,7-8H2,1-3H3. The molecule has 3 aromatic rings. The van der Waals surface area contributed by atoms with Gasteiger partial charge >= 0.3 is 5.69 Å². The van der Waals surface area contributed by atoms with Crippen molar-refractivity contribution < 1.29 is 4.74 Å². The van der Waals surface area contributed by atoms with Gasteiger partial charge in [0.15, 0.2) is 11.5 Å². The van der Waals surface area contributed by atoms with Crippen molar-refractivity contribution in [3.05, 3.63) is 50.1 Å². The van der Waals surface area contributed by atoms with Crippen LogP contribution in [0.3, 0.4) is 0 Å². The van der Waals surface area contributed by atoms with Crippen LogP contribution >= 0.6 is 23.4 Å². The van der Waals surface area contributed by atoms with E-state index < -0.39 is 11.2 Å². The molecular weight excluding hydrogens is 376 g/mol. The fraction of sp³-hybridized carbons (Fsp3) is 0.294. The molecule has 0 bridgehead atoms. The Hall–Kier alpha value is -2.16. The molecule has 0 aliphatic heterocycles. The number of nitrogens with zero attached hydrogens (tertiary/aromatic N) is 4. The van der Waals surface area contributed by atoms with Gasteiger partial charge in [-0.2, -0.15) is 0 Å². The lowest BCUT2D eigenvalue weighted by molar-refractivity contribution is 0.218. The highest BCUT2D eigenvalue weighted by Crippen LogP contribution is 2.27. The average molecular weight is 393 g/mol. The Morgan fingerprint density at radius 1 is 1.19 bits per heavy atom. The van der Waals surface area contributed by atoms with E-state index in [9.17, 15) is 9.59 Å². The number of hydrogen-bond acceptors (Lipinski definition) is 6. The molecule has 0 unspecified atom stereocenters. The van der Waals surface area contributed by atoms with E-state index in [1.807, 2.05) is 6.07 Å². The molecule has 3 rings (SSSR count). The van der Waals surface area contributed by atoms with Crippen LogP contribution in [-0.4, -0.2) is 38.6 Å². The Bertz CT molecular complexity index is 1090. The summed E-state index contributed by atoms with van der Waals surface area (Å²) in [5.41, 5.74) is 0.149. The van der Waals surface area contributed by atoms with E-state index in [0.717, 1.165) is 4.57 Å². The number of aryl methyl sites for hydroxylation is 1. The van der Waals surface area contributed by atoms with Crippen molar-refractivity contribution in [3.8, 4) is 11.4 Å². The highest BCUT2D eigenvalue weighted by Gasteiger charge is 2.18. The van der Waals surface area contributed by atoms with Gasteiger partial charge in [0, 0.05) is 37.5 Å². The molecule has 9 heteroatoms. The molecule has 7 nitrogen and oxygen atoms in total. The Labute approximate surface area is 158 Å². The normalized spacial score (nSPS) is 11.2. The molecule has 0 aliphatic carbocycles. The second-order valence-corrected chi connectivity index (χ2v) is 7.13. The first-order valence-electron chi connectivity index (χ1n) is 7.79. The fourth-order valence-corrected chi connectivity index (χ4v) is 3.62. The van der Waals surface area contributed by atoms with Gasteiger partial charge in [-0.15, -0.1) is 11.8 Å². The third kappa shape index (κ3) is 3.40. The van der Waals surface area contributed by atoms with Crippen molar-refractivity contribution in [2.24, 2.45) is 14.1 Å². The average Bonchev–Trinajstić information content (AvgIpc) is 2.64. The molecular formula is C17H17ClN4O3S. The molecule has 0 amide bonds. The van der Waals surface area contributed by atoms with Gasteiger partial charge < -0.3 is 4.74 Å². The lowest BCUT2D eigenvalue weighted by Gasteiger charge is -2.12. The molecule has 1 aromatic carbocycles.